The summed E-state index contributed by atoms with van der Waals surface area (Å²) < 4.78 is 0. The highest BCUT2D eigenvalue weighted by atomic mass is 35.5. The maximum absolute atomic E-state index is 12.0. The SMILES string of the molecule is CC(NC(=O)Cc1ccc(Cl)c(Cl)c1)(C(=O)O)C1CC1. The molecule has 0 spiro atoms. The van der Waals surface area contributed by atoms with Gasteiger partial charge in [0.2, 0.25) is 5.91 Å². The molecule has 0 radical (unpaired) electrons. The summed E-state index contributed by atoms with van der Waals surface area (Å²) >= 11 is 11.7. The summed E-state index contributed by atoms with van der Waals surface area (Å²) in [6.07, 6.45) is 1.73. The quantitative estimate of drug-likeness (QED) is 0.878. The van der Waals surface area contributed by atoms with Crippen molar-refractivity contribution in [3.63, 3.8) is 0 Å². The van der Waals surface area contributed by atoms with Crippen molar-refractivity contribution >= 4 is 35.1 Å². The summed E-state index contributed by atoms with van der Waals surface area (Å²) in [5.41, 5.74) is -0.492. The van der Waals surface area contributed by atoms with E-state index in [0.29, 0.717) is 15.6 Å². The third-order valence-corrected chi connectivity index (χ3v) is 4.32. The van der Waals surface area contributed by atoms with Crippen LogP contribution >= 0.6 is 23.2 Å². The molecule has 0 heterocycles. The minimum atomic E-state index is -1.19. The molecule has 1 atom stereocenters. The zero-order chi connectivity index (χ0) is 14.9. The van der Waals surface area contributed by atoms with Crippen molar-refractivity contribution in [2.24, 2.45) is 5.92 Å². The average Bonchev–Trinajstić information content (AvgIpc) is 3.17. The van der Waals surface area contributed by atoms with Gasteiger partial charge in [0.1, 0.15) is 5.54 Å². The highest BCUT2D eigenvalue weighted by Crippen LogP contribution is 2.39. The molecule has 1 amide bonds. The highest BCUT2D eigenvalue weighted by molar-refractivity contribution is 6.42. The summed E-state index contributed by atoms with van der Waals surface area (Å²) in [4.78, 5) is 23.3. The summed E-state index contributed by atoms with van der Waals surface area (Å²) in [6.45, 7) is 1.56. The molecule has 0 aliphatic heterocycles. The van der Waals surface area contributed by atoms with Crippen molar-refractivity contribution in [1.82, 2.24) is 5.32 Å². The molecule has 1 aliphatic rings. The summed E-state index contributed by atoms with van der Waals surface area (Å²) in [5, 5.41) is 12.7. The van der Waals surface area contributed by atoms with Gasteiger partial charge in [-0.05, 0) is 43.4 Å². The summed E-state index contributed by atoms with van der Waals surface area (Å²) in [6, 6.07) is 4.92. The van der Waals surface area contributed by atoms with Crippen LogP contribution in [0.5, 0.6) is 0 Å². The minimum Gasteiger partial charge on any atom is -0.480 e. The van der Waals surface area contributed by atoms with E-state index < -0.39 is 11.5 Å². The van der Waals surface area contributed by atoms with Crippen LogP contribution in [0.25, 0.3) is 0 Å². The number of halogens is 2. The number of aliphatic carboxylic acids is 1. The molecule has 6 heteroatoms. The van der Waals surface area contributed by atoms with Crippen molar-refractivity contribution in [2.75, 3.05) is 0 Å². The Labute approximate surface area is 127 Å². The third-order valence-electron chi connectivity index (χ3n) is 3.59. The van der Waals surface area contributed by atoms with Crippen LogP contribution in [0.4, 0.5) is 0 Å². The van der Waals surface area contributed by atoms with Gasteiger partial charge in [0.15, 0.2) is 0 Å². The highest BCUT2D eigenvalue weighted by Gasteiger charge is 2.48. The molecule has 4 nitrogen and oxygen atoms in total. The first-order valence-electron chi connectivity index (χ1n) is 6.31. The molecule has 1 aromatic carbocycles. The number of carboxylic acid groups (broad SMARTS) is 1. The molecule has 1 fully saturated rings. The van der Waals surface area contributed by atoms with Gasteiger partial charge in [-0.2, -0.15) is 0 Å². The van der Waals surface area contributed by atoms with Crippen molar-refractivity contribution in [2.45, 2.75) is 31.7 Å². The smallest absolute Gasteiger partial charge is 0.329 e. The molecular formula is C14H15Cl2NO3. The first-order chi connectivity index (χ1) is 9.33. The Balaban J connectivity index is 2.04. The third kappa shape index (κ3) is 3.25. The van der Waals surface area contributed by atoms with Gasteiger partial charge in [-0.1, -0.05) is 29.3 Å². The Morgan fingerprint density at radius 3 is 2.50 bits per heavy atom. The minimum absolute atomic E-state index is 0.0118. The number of nitrogens with one attached hydrogen (secondary N) is 1. The van der Waals surface area contributed by atoms with E-state index in [4.69, 9.17) is 23.2 Å². The first-order valence-corrected chi connectivity index (χ1v) is 7.07. The van der Waals surface area contributed by atoms with E-state index in [0.717, 1.165) is 12.8 Å². The van der Waals surface area contributed by atoms with Crippen LogP contribution in [0.3, 0.4) is 0 Å². The zero-order valence-electron chi connectivity index (χ0n) is 11.0. The van der Waals surface area contributed by atoms with Crippen LogP contribution in [0.15, 0.2) is 18.2 Å². The molecule has 0 saturated heterocycles. The molecule has 1 aliphatic carbocycles. The monoisotopic (exact) mass is 315 g/mol. The normalized spacial score (nSPS) is 17.4. The molecule has 1 saturated carbocycles. The van der Waals surface area contributed by atoms with Crippen LogP contribution in [0.1, 0.15) is 25.3 Å². The molecule has 2 rings (SSSR count). The van der Waals surface area contributed by atoms with E-state index in [-0.39, 0.29) is 18.2 Å². The second-order valence-electron chi connectivity index (χ2n) is 5.26. The van der Waals surface area contributed by atoms with Crippen LogP contribution < -0.4 is 5.32 Å². The van der Waals surface area contributed by atoms with E-state index in [1.54, 1.807) is 25.1 Å². The van der Waals surface area contributed by atoms with E-state index in [2.05, 4.69) is 5.32 Å². The maximum Gasteiger partial charge on any atom is 0.329 e. The fourth-order valence-corrected chi connectivity index (χ4v) is 2.48. The molecule has 108 valence electrons. The van der Waals surface area contributed by atoms with Crippen molar-refractivity contribution in [3.05, 3.63) is 33.8 Å². The van der Waals surface area contributed by atoms with Crippen LogP contribution in [-0.4, -0.2) is 22.5 Å². The van der Waals surface area contributed by atoms with Crippen LogP contribution in [0.2, 0.25) is 10.0 Å². The number of amides is 1. The lowest BCUT2D eigenvalue weighted by atomic mass is 9.95. The van der Waals surface area contributed by atoms with Crippen molar-refractivity contribution in [3.8, 4) is 0 Å². The van der Waals surface area contributed by atoms with E-state index in [1.807, 2.05) is 0 Å². The Morgan fingerprint density at radius 2 is 2.00 bits per heavy atom. The standard InChI is InChI=1S/C14H15Cl2NO3/c1-14(13(19)20,9-3-4-9)17-12(18)7-8-2-5-10(15)11(16)6-8/h2,5-6,9H,3-4,7H2,1H3,(H,17,18)(H,19,20). The molecule has 2 N–H and O–H groups in total. The van der Waals surface area contributed by atoms with Gasteiger partial charge in [0.05, 0.1) is 16.5 Å². The van der Waals surface area contributed by atoms with Crippen molar-refractivity contribution < 1.29 is 14.7 Å². The lowest BCUT2D eigenvalue weighted by Crippen LogP contribution is -2.54. The Morgan fingerprint density at radius 1 is 1.35 bits per heavy atom. The first kappa shape index (κ1) is 15.1. The Bertz CT molecular complexity index is 557. The lowest BCUT2D eigenvalue weighted by molar-refractivity contribution is -0.147. The molecule has 0 aromatic heterocycles. The predicted molar refractivity (Wildman–Crippen MR) is 77.1 cm³/mol. The number of rotatable bonds is 5. The second-order valence-corrected chi connectivity index (χ2v) is 6.07. The summed E-state index contributed by atoms with van der Waals surface area (Å²) in [5.74, 6) is -1.32. The number of carbonyl (C=O) groups is 2. The number of carbonyl (C=O) groups excluding carboxylic acids is 1. The van der Waals surface area contributed by atoms with Gasteiger partial charge in [-0.25, -0.2) is 4.79 Å². The average molecular weight is 316 g/mol. The van der Waals surface area contributed by atoms with Gasteiger partial charge in [0, 0.05) is 0 Å². The molecular weight excluding hydrogens is 301 g/mol. The Kier molecular flexibility index (Phi) is 4.25. The lowest BCUT2D eigenvalue weighted by Gasteiger charge is -2.26. The second kappa shape index (κ2) is 5.62. The van der Waals surface area contributed by atoms with Gasteiger partial charge >= 0.3 is 5.97 Å². The van der Waals surface area contributed by atoms with E-state index in [1.165, 1.54) is 0 Å². The molecule has 1 aromatic rings. The fraction of sp³-hybridized carbons (Fsp3) is 0.429. The maximum atomic E-state index is 12.0. The van der Waals surface area contributed by atoms with Crippen LogP contribution in [-0.2, 0) is 16.0 Å². The number of carboxylic acids is 1. The van der Waals surface area contributed by atoms with Crippen LogP contribution in [0, 0.1) is 5.92 Å². The van der Waals surface area contributed by atoms with Gasteiger partial charge < -0.3 is 10.4 Å². The Hall–Kier alpha value is -1.26. The topological polar surface area (TPSA) is 66.4 Å². The predicted octanol–water partition coefficient (Wildman–Crippen LogP) is 2.91. The number of hydrogen-bond acceptors (Lipinski definition) is 2. The summed E-state index contributed by atoms with van der Waals surface area (Å²) in [7, 11) is 0. The number of hydrogen-bond donors (Lipinski definition) is 2. The van der Waals surface area contributed by atoms with Gasteiger partial charge in [-0.3, -0.25) is 4.79 Å². The zero-order valence-corrected chi connectivity index (χ0v) is 12.5. The van der Waals surface area contributed by atoms with Gasteiger partial charge in [0.25, 0.3) is 0 Å². The van der Waals surface area contributed by atoms with E-state index >= 15 is 0 Å². The van der Waals surface area contributed by atoms with Crippen molar-refractivity contribution in [1.29, 1.82) is 0 Å². The fourth-order valence-electron chi connectivity index (χ4n) is 2.16. The van der Waals surface area contributed by atoms with E-state index in [9.17, 15) is 14.7 Å². The molecule has 0 bridgehead atoms. The molecule has 1 unspecified atom stereocenters. The largest absolute Gasteiger partial charge is 0.480 e. The number of benzene rings is 1. The molecule has 20 heavy (non-hydrogen) atoms. The van der Waals surface area contributed by atoms with Gasteiger partial charge in [-0.15, -0.1) is 0 Å².